The highest BCUT2D eigenvalue weighted by Gasteiger charge is 2.31. The number of hydrogen-bond donors (Lipinski definition) is 4. The summed E-state index contributed by atoms with van der Waals surface area (Å²) in [6, 6.07) is 37.3. The number of ether oxygens (including phenoxy) is 5. The van der Waals surface area contributed by atoms with Crippen LogP contribution >= 0.6 is 34.0 Å². The van der Waals surface area contributed by atoms with E-state index in [1.807, 2.05) is 156 Å². The predicted molar refractivity (Wildman–Crippen MR) is 440 cm³/mol. The fraction of sp³-hybridized carbons (Fsp3) is 0.434. The number of benzene rings is 3. The summed E-state index contributed by atoms with van der Waals surface area (Å²) < 4.78 is 51.5. The molecular weight excluding hydrogens is 1480 g/mol. The molecule has 28 heteroatoms. The minimum absolute atomic E-state index is 0.0268. The number of pyridine rings is 3. The Morgan fingerprint density at radius 1 is 0.514 bits per heavy atom. The quantitative estimate of drug-likeness (QED) is 0.0658. The Hall–Kier alpha value is -9.58. The lowest BCUT2D eigenvalue weighted by molar-refractivity contribution is 0.0193. The van der Waals surface area contributed by atoms with E-state index in [1.54, 1.807) is 21.1 Å². The number of hydrogen-bond acceptors (Lipinski definition) is 25. The van der Waals surface area contributed by atoms with Crippen molar-refractivity contribution < 1.29 is 41.7 Å². The first-order chi connectivity index (χ1) is 53.0. The maximum Gasteiger partial charge on any atom is 0.410 e. The van der Waals surface area contributed by atoms with Crippen LogP contribution in [-0.4, -0.2) is 169 Å². The highest BCUT2D eigenvalue weighted by Crippen LogP contribution is 2.41. The average Bonchev–Trinajstić information content (AvgIpc) is 1.66. The van der Waals surface area contributed by atoms with E-state index >= 15 is 0 Å². The van der Waals surface area contributed by atoms with Crippen LogP contribution in [0.25, 0.3) is 48.4 Å². The summed E-state index contributed by atoms with van der Waals surface area (Å²) >= 11 is 4.22. The van der Waals surface area contributed by atoms with Crippen molar-refractivity contribution in [3.63, 3.8) is 0 Å². The molecule has 0 spiro atoms. The third-order valence-corrected chi connectivity index (χ3v) is 22.7. The van der Waals surface area contributed by atoms with Gasteiger partial charge in [0.05, 0.1) is 35.4 Å². The molecule has 5 N–H and O–H groups in total. The van der Waals surface area contributed by atoms with Crippen molar-refractivity contribution in [1.29, 1.82) is 0 Å². The zero-order chi connectivity index (χ0) is 78.7. The van der Waals surface area contributed by atoms with E-state index in [-0.39, 0.29) is 46.9 Å². The number of anilines is 2. The number of piperidine rings is 3. The normalized spacial score (nSPS) is 17.3. The van der Waals surface area contributed by atoms with Crippen molar-refractivity contribution >= 4 is 83.0 Å². The largest absolute Gasteiger partial charge is 0.475 e. The number of nitrogens with one attached hydrogen (secondary N) is 3. The maximum atomic E-state index is 12.5. The second kappa shape index (κ2) is 35.8. The average molecular weight is 1580 g/mol. The van der Waals surface area contributed by atoms with Crippen molar-refractivity contribution in [2.75, 3.05) is 56.2 Å². The molecule has 24 nitrogen and oxygen atoms in total. The molecule has 586 valence electrons. The summed E-state index contributed by atoms with van der Waals surface area (Å²) in [5.41, 5.74) is 21.1. The van der Waals surface area contributed by atoms with Crippen LogP contribution in [0.3, 0.4) is 0 Å². The van der Waals surface area contributed by atoms with Crippen LogP contribution < -0.4 is 35.9 Å². The lowest BCUT2D eigenvalue weighted by Gasteiger charge is -2.34. The number of rotatable bonds is 17. The van der Waals surface area contributed by atoms with E-state index in [0.29, 0.717) is 48.3 Å². The summed E-state index contributed by atoms with van der Waals surface area (Å²) in [7, 11) is -3.36. The van der Waals surface area contributed by atoms with Crippen LogP contribution in [0.15, 0.2) is 132 Å². The molecule has 3 aliphatic heterocycles. The van der Waals surface area contributed by atoms with Crippen molar-refractivity contribution in [2.24, 2.45) is 5.73 Å². The van der Waals surface area contributed by atoms with Gasteiger partial charge in [0.25, 0.3) is 0 Å². The first kappa shape index (κ1) is 80.9. The number of nitrogens with zero attached hydrogens (tertiary/aromatic N) is 11. The maximum absolute atomic E-state index is 12.5. The van der Waals surface area contributed by atoms with E-state index in [9.17, 15) is 18.0 Å². The van der Waals surface area contributed by atoms with Gasteiger partial charge in [-0.25, -0.2) is 33.0 Å². The molecule has 3 fully saturated rings. The molecule has 3 saturated heterocycles. The predicted octanol–water partition coefficient (Wildman–Crippen LogP) is 15.8. The van der Waals surface area contributed by atoms with Crippen molar-refractivity contribution in [1.82, 2.24) is 60.7 Å². The van der Waals surface area contributed by atoms with E-state index < -0.39 is 21.0 Å². The van der Waals surface area contributed by atoms with Gasteiger partial charge in [0.15, 0.2) is 0 Å². The van der Waals surface area contributed by atoms with Gasteiger partial charge in [-0.1, -0.05) is 107 Å². The molecule has 0 unspecified atom stereocenters. The van der Waals surface area contributed by atoms with Gasteiger partial charge in [0, 0.05) is 109 Å². The van der Waals surface area contributed by atoms with Crippen molar-refractivity contribution in [3.8, 4) is 49.4 Å². The molecule has 2 amide bonds. The number of amides is 2. The van der Waals surface area contributed by atoms with Gasteiger partial charge >= 0.3 is 12.2 Å². The Bertz CT molecular complexity index is 4970. The first-order valence-corrected chi connectivity index (χ1v) is 42.4. The van der Waals surface area contributed by atoms with Crippen LogP contribution in [0.2, 0.25) is 0 Å². The summed E-state index contributed by atoms with van der Waals surface area (Å²) in [5, 5.41) is 40.0. The molecule has 3 atom stereocenters. The highest BCUT2D eigenvalue weighted by atomic mass is 32.2. The Balaban J connectivity index is 0.000000144. The third kappa shape index (κ3) is 22.2. The van der Waals surface area contributed by atoms with Crippen LogP contribution in [0.5, 0.6) is 17.6 Å². The molecule has 3 aliphatic carbocycles. The number of allylic oxidation sites excluding steroid dienone is 3. The number of aromatic nitrogens is 9. The number of nitrogens with two attached hydrogens (primary N) is 1. The van der Waals surface area contributed by atoms with Gasteiger partial charge in [0.1, 0.15) is 26.2 Å². The number of carbonyl (C=O) groups excluding carboxylic acids is 2. The lowest BCUT2D eigenvalue weighted by Crippen LogP contribution is -2.47. The minimum atomic E-state index is -3.36. The zero-order valence-corrected chi connectivity index (χ0v) is 68.8. The Morgan fingerprint density at radius 2 is 0.910 bits per heavy atom. The molecule has 0 saturated carbocycles. The number of carbonyl (C=O) groups is 2. The van der Waals surface area contributed by atoms with Crippen molar-refractivity contribution in [3.05, 3.63) is 178 Å². The molecule has 0 radical (unpaired) electrons. The Morgan fingerprint density at radius 3 is 1.30 bits per heavy atom. The zero-order valence-electron chi connectivity index (χ0n) is 65.5. The smallest absolute Gasteiger partial charge is 0.410 e. The van der Waals surface area contributed by atoms with Gasteiger partial charge in [-0.2, -0.15) is 0 Å². The van der Waals surface area contributed by atoms with E-state index in [2.05, 4.69) is 106 Å². The molecule has 9 heterocycles. The fourth-order valence-corrected chi connectivity index (χ4v) is 16.6. The fourth-order valence-electron chi connectivity index (χ4n) is 13.4. The third-order valence-electron chi connectivity index (χ3n) is 18.3. The van der Waals surface area contributed by atoms with Crippen LogP contribution in [0.4, 0.5) is 19.9 Å². The molecule has 6 aromatic heterocycles. The number of likely N-dealkylation sites (tertiary alicyclic amines) is 2. The summed E-state index contributed by atoms with van der Waals surface area (Å²) in [5.74, 6) is 1.89. The lowest BCUT2D eigenvalue weighted by atomic mass is 10.0. The Kier molecular flexibility index (Phi) is 26.1. The van der Waals surface area contributed by atoms with E-state index in [0.717, 1.165) is 159 Å². The van der Waals surface area contributed by atoms with Gasteiger partial charge in [-0.15, -0.1) is 30.6 Å². The molecule has 0 bridgehead atoms. The second-order valence-corrected chi connectivity index (χ2v) is 36.2. The SMILES string of the molecule is CC(C)(C)OC(=O)N1CCC[C@@H](N)C1.CC(C)Oc1cccc(C2=CCc3ccc(-c4nnc(N[C@@H]5CCCN(C(=O)OC(C)(C)C)C5)s4)cc32)n1.CC(C)Oc1cccc(C2=CCc3ccc(-c4nnc(N[C@@H]5CCCNC5)s4)cc32)n1.CC(C)Oc1cccc(C2=CCc3ccc(-c4nnc(S(C)(=O)=O)s4)cc32)n1. The summed E-state index contributed by atoms with van der Waals surface area (Å²) in [6.07, 6.45) is 16.3. The van der Waals surface area contributed by atoms with Crippen LogP contribution in [0.1, 0.15) is 172 Å². The van der Waals surface area contributed by atoms with Crippen LogP contribution in [0, 0.1) is 0 Å². The molecule has 15 rings (SSSR count). The number of fused-ring (bicyclic) bond motifs is 3. The monoisotopic (exact) mass is 1580 g/mol. The molecule has 3 aromatic carbocycles. The van der Waals surface area contributed by atoms with Gasteiger partial charge in [-0.05, 0) is 217 Å². The topological polar surface area (TPSA) is 299 Å². The van der Waals surface area contributed by atoms with Gasteiger partial charge < -0.3 is 55.2 Å². The van der Waals surface area contributed by atoms with E-state index in [1.165, 1.54) is 52.0 Å². The molecule has 111 heavy (non-hydrogen) atoms. The number of sulfone groups is 1. The molecular formula is C83H101N15O9S4. The van der Waals surface area contributed by atoms with Gasteiger partial charge in [-0.3, -0.25) is 0 Å². The van der Waals surface area contributed by atoms with E-state index in [4.69, 9.17) is 39.4 Å². The summed E-state index contributed by atoms with van der Waals surface area (Å²) in [6.45, 7) is 28.0. The second-order valence-electron chi connectivity index (χ2n) is 31.1. The van der Waals surface area contributed by atoms with Crippen molar-refractivity contribution in [2.45, 2.75) is 193 Å². The minimum Gasteiger partial charge on any atom is -0.475 e. The molecule has 6 aliphatic rings. The van der Waals surface area contributed by atoms with Gasteiger partial charge in [0.2, 0.25) is 42.1 Å². The highest BCUT2D eigenvalue weighted by molar-refractivity contribution is 7.92. The van der Waals surface area contributed by atoms with Crippen LogP contribution in [-0.2, 0) is 38.6 Å². The first-order valence-electron chi connectivity index (χ1n) is 38.1. The Labute approximate surface area is 663 Å². The standard InChI is InChI=1S/C29H35N5O3S.C24H27N5OS.C20H19N3O3S2.C10H20N2O2/c1-18(2)36-25-10-6-9-24(31-25)22-14-13-19-11-12-20(16-23(19)22)26-32-33-27(38-26)30-21-8-7-15-34(17-21)28(35)37-29(3,4)5;1-15(2)30-22-7-3-6-21(27-22)19-11-10-16-8-9-17(13-20(16)19)23-28-29-24(31-23)26-18-5-4-12-25-14-18;1-12(2)26-18-6-4-5-17(21-18)15-10-9-13-7-8-14(11-16(13)15)19-22-23-20(27-19)28(3,24)25;1-10(2,3)14-9(13)12-6-4-5-8(11)7-12/h6,9-12,14,16,18,21H,7-8,13,15,17H2,1-5H3,(H,30,33);3,6-9,11,13,15,18,25H,4-5,10,12,14H2,1-2H3,(H,26,29);4-8,10-12H,9H2,1-3H3;8H,4-7,11H2,1-3H3/t21-;18-;;8-/m11.1/s1. The molecule has 9 aromatic rings. The summed E-state index contributed by atoms with van der Waals surface area (Å²) in [4.78, 5) is 41.7.